The van der Waals surface area contributed by atoms with E-state index >= 15 is 0 Å². The molecule has 25 N–H and O–H groups in total. The number of aryl methyl sites for hydroxylation is 1. The fraction of sp³-hybridized carbons (Fsp3) is 0.721. The largest absolute Gasteiger partial charge is 0.394 e. The number of hydrogen-bond donors (Lipinski definition) is 11. The summed E-state index contributed by atoms with van der Waals surface area (Å²) in [5.41, 5.74) is 28.5. The second-order valence-corrected chi connectivity index (χ2v) is 15.2. The predicted octanol–water partition coefficient (Wildman–Crippen LogP) is 10.6. The van der Waals surface area contributed by atoms with Gasteiger partial charge >= 0.3 is 0 Å². The van der Waals surface area contributed by atoms with Crippen LogP contribution in [0.3, 0.4) is 0 Å². The minimum atomic E-state index is -0.167. The van der Waals surface area contributed by atoms with Gasteiger partial charge in [0.15, 0.2) is 0 Å². The van der Waals surface area contributed by atoms with Gasteiger partial charge in [-0.25, -0.2) is 0 Å². The fourth-order valence-corrected chi connectivity index (χ4v) is 2.36. The first-order valence-corrected chi connectivity index (χ1v) is 26.5. The number of rotatable bonds is 5. The second-order valence-electron chi connectivity index (χ2n) is 15.2. The van der Waals surface area contributed by atoms with E-state index in [4.69, 9.17) is 57.8 Å². The molecule has 2 rings (SSSR count). The van der Waals surface area contributed by atoms with E-state index in [1.165, 1.54) is 86.4 Å². The molecular weight excluding hydrogens is 1090 g/mol. The molecular formula is C61H159N11O13. The number of aliphatic hydroxyl groups excluding tert-OH is 1. The lowest BCUT2D eigenvalue weighted by Gasteiger charge is -2.24. The summed E-state index contributed by atoms with van der Waals surface area (Å²) >= 11 is 0. The molecule has 0 aromatic heterocycles. The van der Waals surface area contributed by atoms with Gasteiger partial charge in [-0.15, -0.1) is 0 Å². The molecule has 0 aliphatic carbocycles. The minimum Gasteiger partial charge on any atom is -0.394 e. The molecule has 1 aromatic rings. The van der Waals surface area contributed by atoms with Crippen molar-refractivity contribution >= 4 is 73.8 Å². The summed E-state index contributed by atoms with van der Waals surface area (Å²) in [6.45, 7) is 68.6. The van der Waals surface area contributed by atoms with Crippen LogP contribution >= 0.6 is 0 Å². The zero-order valence-electron chi connectivity index (χ0n) is 61.5. The number of hydrogen-bond acceptors (Lipinski definition) is 23. The summed E-state index contributed by atoms with van der Waals surface area (Å²) in [7, 11) is 9.00. The third-order valence-corrected chi connectivity index (χ3v) is 6.08. The number of likely N-dealkylation sites (tertiary alicyclic amines) is 1. The van der Waals surface area contributed by atoms with Crippen LogP contribution in [0.15, 0.2) is 30.3 Å². The van der Waals surface area contributed by atoms with E-state index in [9.17, 15) is 4.79 Å². The highest BCUT2D eigenvalue weighted by Crippen LogP contribution is 2.08. The van der Waals surface area contributed by atoms with Gasteiger partial charge in [0.1, 0.15) is 67.9 Å². The van der Waals surface area contributed by atoms with Crippen LogP contribution in [0.4, 0.5) is 0 Å². The Labute approximate surface area is 529 Å². The lowest BCUT2D eigenvalue weighted by molar-refractivity contribution is -0.129. The lowest BCUT2D eigenvalue weighted by atomic mass is 10.1. The fourth-order valence-electron chi connectivity index (χ4n) is 2.36. The first-order chi connectivity index (χ1) is 38.6. The topological polar surface area (TPSA) is 517 Å². The Morgan fingerprint density at radius 3 is 0.694 bits per heavy atom. The Morgan fingerprint density at radius 2 is 0.624 bits per heavy atom. The highest BCUT2D eigenvalue weighted by Gasteiger charge is 2.11. The van der Waals surface area contributed by atoms with E-state index in [1.807, 2.05) is 99.6 Å². The quantitative estimate of drug-likeness (QED) is 0.130. The first kappa shape index (κ1) is 178. The third kappa shape index (κ3) is 645. The van der Waals surface area contributed by atoms with E-state index in [2.05, 4.69) is 169 Å². The molecule has 85 heavy (non-hydrogen) atoms. The molecule has 1 aromatic carbocycles. The molecule has 24 heteroatoms. The highest BCUT2D eigenvalue weighted by atomic mass is 16.5. The van der Waals surface area contributed by atoms with E-state index in [0.717, 1.165) is 49.8 Å². The van der Waals surface area contributed by atoms with Gasteiger partial charge in [0.05, 0.1) is 5.60 Å². The molecule has 0 bridgehead atoms. The molecule has 1 amide bonds. The Kier molecular flexibility index (Phi) is 598. The number of nitrogens with zero attached hydrogens (tertiary/aromatic N) is 1. The minimum absolute atomic E-state index is 0. The zero-order chi connectivity index (χ0) is 72.4. The predicted molar refractivity (Wildman–Crippen MR) is 380 cm³/mol. The Balaban J connectivity index is -0.0000000169. The molecule has 1 fully saturated rings. The SMILES string of the molecule is C=O.C=O.C=O.C=O.C=O.C=O.C=O.C=O.C=O.C=O.CC.CC(=O)N1CCCCC1.CC(C)C.CC(C)O.CCC(C)C.CCC(C)C.CCC(C)C.CCOC(C)(C)C.CCc1ccccc1.CN.CN.CN.CN.CN.CN.N.N.N.N. The van der Waals surface area contributed by atoms with Crippen molar-refractivity contribution in [3.05, 3.63) is 35.9 Å². The van der Waals surface area contributed by atoms with Gasteiger partial charge in [-0.2, -0.15) is 0 Å². The normalized spacial score (nSPS) is 7.46. The van der Waals surface area contributed by atoms with Crippen molar-refractivity contribution in [3.8, 4) is 0 Å². The number of aliphatic hydroxyl groups is 1. The van der Waals surface area contributed by atoms with Crippen LogP contribution in [-0.4, -0.2) is 157 Å². The molecule has 0 unspecified atom stereocenters. The van der Waals surface area contributed by atoms with Gasteiger partial charge in [-0.1, -0.05) is 153 Å². The molecule has 1 aliphatic heterocycles. The van der Waals surface area contributed by atoms with Crippen LogP contribution in [-0.2, 0) is 63.9 Å². The average Bonchev–Trinajstić information content (AvgIpc) is 3.54. The number of nitrogens with two attached hydrogens (primary N) is 6. The molecule has 1 saturated heterocycles. The molecule has 0 atom stereocenters. The summed E-state index contributed by atoms with van der Waals surface area (Å²) in [5.74, 6) is 3.72. The Bertz CT molecular complexity index is 829. The molecule has 1 heterocycles. The van der Waals surface area contributed by atoms with Crippen molar-refractivity contribution in [1.82, 2.24) is 29.5 Å². The Morgan fingerprint density at radius 1 is 0.459 bits per heavy atom. The van der Waals surface area contributed by atoms with Crippen LogP contribution in [0.25, 0.3) is 0 Å². The van der Waals surface area contributed by atoms with E-state index in [0.29, 0.717) is 0 Å². The molecule has 536 valence electrons. The van der Waals surface area contributed by atoms with Crippen molar-refractivity contribution < 1.29 is 62.6 Å². The summed E-state index contributed by atoms with van der Waals surface area (Å²) in [4.78, 5) is 92.6. The average molecular weight is 1260 g/mol. The lowest BCUT2D eigenvalue weighted by Crippen LogP contribution is -2.33. The van der Waals surface area contributed by atoms with Gasteiger partial charge in [-0.3, -0.25) is 4.79 Å². The number of carbonyl (C=O) groups is 11. The van der Waals surface area contributed by atoms with Gasteiger partial charge in [-0.05, 0) is 139 Å². The maximum atomic E-state index is 10.7. The van der Waals surface area contributed by atoms with Crippen molar-refractivity contribution in [3.63, 3.8) is 0 Å². The van der Waals surface area contributed by atoms with Crippen molar-refractivity contribution in [2.75, 3.05) is 62.0 Å². The van der Waals surface area contributed by atoms with Crippen LogP contribution in [0.5, 0.6) is 0 Å². The van der Waals surface area contributed by atoms with E-state index < -0.39 is 0 Å². The van der Waals surface area contributed by atoms with Crippen molar-refractivity contribution in [2.45, 2.75) is 209 Å². The van der Waals surface area contributed by atoms with Gasteiger partial charge in [0, 0.05) is 32.7 Å². The number of carbonyl (C=O) groups excluding carboxylic acids is 11. The van der Waals surface area contributed by atoms with Gasteiger partial charge < -0.3 is 122 Å². The summed E-state index contributed by atoms with van der Waals surface area (Å²) in [6, 6.07) is 10.5. The molecule has 1 aliphatic rings. The monoisotopic (exact) mass is 1250 g/mol. The number of amides is 1. The van der Waals surface area contributed by atoms with Crippen LogP contribution < -0.4 is 59.0 Å². The van der Waals surface area contributed by atoms with Gasteiger partial charge in [0.2, 0.25) is 5.91 Å². The van der Waals surface area contributed by atoms with Crippen LogP contribution in [0.2, 0.25) is 0 Å². The third-order valence-electron chi connectivity index (χ3n) is 6.08. The van der Waals surface area contributed by atoms with Gasteiger partial charge in [0.25, 0.3) is 0 Å². The molecule has 0 spiro atoms. The standard InChI is InChI=1S/C8H10.C7H13NO.C6H14O.3C5H12.C4H10.C3H8O.C2H6.6CH5N.10CH2O.4H3N/c1-2-8-6-4-3-5-7-8;1-7(9)8-5-3-2-4-6-8;1-5-7-6(2,3)4;3*1-4-5(2)3;1-4(2)3;1-3(2)4;17*1-2;;;;/h3-7H,2H2,1H3;2-6H2,1H3;5H2,1-4H3;3*5H,4H2,1-3H3;4H,1-3H3;3-4H,1-2H3;1-2H3;6*2H2,1H3;10*1H2;4*1H3. The van der Waals surface area contributed by atoms with Crippen molar-refractivity contribution in [2.24, 2.45) is 58.1 Å². The second kappa shape index (κ2) is 286. The maximum absolute atomic E-state index is 10.7. The number of piperidine rings is 1. The number of ether oxygens (including phenoxy) is 1. The molecule has 0 radical (unpaired) electrons. The Hall–Kier alpha value is -5.09. The van der Waals surface area contributed by atoms with Crippen LogP contribution in [0, 0.1) is 23.7 Å². The summed E-state index contributed by atoms with van der Waals surface area (Å²) < 4.78 is 5.23. The van der Waals surface area contributed by atoms with Crippen molar-refractivity contribution in [1.29, 1.82) is 0 Å². The number of benzene rings is 1. The molecule has 0 saturated carbocycles. The first-order valence-electron chi connectivity index (χ1n) is 26.5. The molecule has 24 nitrogen and oxygen atoms in total. The summed E-state index contributed by atoms with van der Waals surface area (Å²) in [6.07, 6.45) is 8.57. The van der Waals surface area contributed by atoms with E-state index in [1.54, 1.807) is 20.8 Å². The smallest absolute Gasteiger partial charge is 0.219 e. The van der Waals surface area contributed by atoms with Crippen LogP contribution in [0.1, 0.15) is 196 Å². The highest BCUT2D eigenvalue weighted by molar-refractivity contribution is 5.73. The van der Waals surface area contributed by atoms with E-state index in [-0.39, 0.29) is 42.2 Å². The zero-order valence-corrected chi connectivity index (χ0v) is 61.5. The maximum Gasteiger partial charge on any atom is 0.219 e. The summed E-state index contributed by atoms with van der Waals surface area (Å²) in [5, 5.41) is 8.06.